The number of nitrogens with two attached hydrogens (primary N) is 1. The zero-order chi connectivity index (χ0) is 12.5. The Bertz CT molecular complexity index is 493. The minimum absolute atomic E-state index is 0.111. The number of aromatic nitrogens is 1. The molecule has 0 aliphatic rings. The van der Waals surface area contributed by atoms with Gasteiger partial charge in [0.1, 0.15) is 0 Å². The minimum Gasteiger partial charge on any atom is -0.373 e. The molecule has 1 aromatic carbocycles. The van der Waals surface area contributed by atoms with Crippen molar-refractivity contribution in [2.75, 3.05) is 18.5 Å². The zero-order valence-corrected chi connectivity index (χ0v) is 10.8. The molecule has 0 atom stereocenters. The first-order chi connectivity index (χ1) is 7.97. The monoisotopic (exact) mass is 231 g/mol. The maximum absolute atomic E-state index is 6.02. The average Bonchev–Trinajstić information content (AvgIpc) is 2.68. The number of benzene rings is 1. The van der Waals surface area contributed by atoms with Gasteiger partial charge in [-0.1, -0.05) is 18.2 Å². The Morgan fingerprint density at radius 2 is 2.00 bits per heavy atom. The third-order valence-electron chi connectivity index (χ3n) is 3.07. The fraction of sp³-hybridized carbons (Fsp3) is 0.429. The molecule has 3 heteroatoms. The van der Waals surface area contributed by atoms with Gasteiger partial charge in [0.15, 0.2) is 0 Å². The first-order valence-corrected chi connectivity index (χ1v) is 6.03. The van der Waals surface area contributed by atoms with Gasteiger partial charge in [0.05, 0.1) is 5.69 Å². The molecule has 0 amide bonds. The lowest BCUT2D eigenvalue weighted by Crippen LogP contribution is -2.36. The van der Waals surface area contributed by atoms with E-state index < -0.39 is 0 Å². The van der Waals surface area contributed by atoms with Gasteiger partial charge in [0.25, 0.3) is 0 Å². The van der Waals surface area contributed by atoms with Crippen LogP contribution in [0.5, 0.6) is 0 Å². The standard InChI is InChI=1S/C14H21N3/c1-14(2,15)8-9-17(3)13-10-16-12-7-5-4-6-11(12)13/h4-7,10,16H,8-9,15H2,1-3H3. The molecular weight excluding hydrogens is 210 g/mol. The zero-order valence-electron chi connectivity index (χ0n) is 10.8. The van der Waals surface area contributed by atoms with Crippen molar-refractivity contribution in [2.45, 2.75) is 25.8 Å². The van der Waals surface area contributed by atoms with Crippen molar-refractivity contribution in [1.29, 1.82) is 0 Å². The molecule has 1 aromatic heterocycles. The van der Waals surface area contributed by atoms with Gasteiger partial charge in [-0.05, 0) is 26.3 Å². The highest BCUT2D eigenvalue weighted by Crippen LogP contribution is 2.25. The summed E-state index contributed by atoms with van der Waals surface area (Å²) in [6.45, 7) is 5.09. The summed E-state index contributed by atoms with van der Waals surface area (Å²) in [5.41, 5.74) is 8.33. The van der Waals surface area contributed by atoms with E-state index in [0.29, 0.717) is 0 Å². The molecule has 0 aliphatic heterocycles. The summed E-state index contributed by atoms with van der Waals surface area (Å²) >= 11 is 0. The fourth-order valence-electron chi connectivity index (χ4n) is 1.95. The van der Waals surface area contributed by atoms with Crippen LogP contribution in [0.3, 0.4) is 0 Å². The van der Waals surface area contributed by atoms with Gasteiger partial charge in [-0.25, -0.2) is 0 Å². The van der Waals surface area contributed by atoms with Crippen molar-refractivity contribution in [3.05, 3.63) is 30.5 Å². The maximum atomic E-state index is 6.02. The quantitative estimate of drug-likeness (QED) is 0.849. The molecular formula is C14H21N3. The van der Waals surface area contributed by atoms with Crippen LogP contribution in [0.2, 0.25) is 0 Å². The molecule has 0 fully saturated rings. The van der Waals surface area contributed by atoms with E-state index >= 15 is 0 Å². The van der Waals surface area contributed by atoms with E-state index in [9.17, 15) is 0 Å². The van der Waals surface area contributed by atoms with Gasteiger partial charge >= 0.3 is 0 Å². The highest BCUT2D eigenvalue weighted by molar-refractivity contribution is 5.92. The van der Waals surface area contributed by atoms with Gasteiger partial charge in [0, 0.05) is 36.2 Å². The molecule has 92 valence electrons. The third kappa shape index (κ3) is 2.80. The maximum Gasteiger partial charge on any atom is 0.0621 e. The van der Waals surface area contributed by atoms with Crippen LogP contribution < -0.4 is 10.6 Å². The number of fused-ring (bicyclic) bond motifs is 1. The van der Waals surface area contributed by atoms with Crippen LogP contribution in [-0.4, -0.2) is 24.1 Å². The Kier molecular flexibility index (Phi) is 3.11. The van der Waals surface area contributed by atoms with E-state index in [4.69, 9.17) is 5.73 Å². The second-order valence-electron chi connectivity index (χ2n) is 5.38. The second kappa shape index (κ2) is 4.41. The lowest BCUT2D eigenvalue weighted by atomic mass is 10.0. The summed E-state index contributed by atoms with van der Waals surface area (Å²) in [6.07, 6.45) is 3.04. The van der Waals surface area contributed by atoms with E-state index in [-0.39, 0.29) is 5.54 Å². The summed E-state index contributed by atoms with van der Waals surface area (Å²) < 4.78 is 0. The third-order valence-corrected chi connectivity index (χ3v) is 3.07. The number of anilines is 1. The van der Waals surface area contributed by atoms with Gasteiger partial charge in [-0.15, -0.1) is 0 Å². The SMILES string of the molecule is CN(CCC(C)(C)N)c1c[nH]c2ccccc12. The molecule has 3 N–H and O–H groups in total. The normalized spacial score (nSPS) is 12.0. The van der Waals surface area contributed by atoms with Crippen LogP contribution in [0.25, 0.3) is 10.9 Å². The Morgan fingerprint density at radius 1 is 1.29 bits per heavy atom. The molecule has 0 saturated carbocycles. The number of para-hydroxylation sites is 1. The Balaban J connectivity index is 2.16. The van der Waals surface area contributed by atoms with E-state index in [1.165, 1.54) is 16.6 Å². The number of nitrogens with zero attached hydrogens (tertiary/aromatic N) is 1. The number of H-pyrrole nitrogens is 1. The topological polar surface area (TPSA) is 45.0 Å². The predicted octanol–water partition coefficient (Wildman–Crippen LogP) is 2.73. The van der Waals surface area contributed by atoms with Crippen LogP contribution in [0, 0.1) is 0 Å². The molecule has 0 bridgehead atoms. The summed E-state index contributed by atoms with van der Waals surface area (Å²) in [7, 11) is 2.11. The number of nitrogens with one attached hydrogen (secondary N) is 1. The van der Waals surface area contributed by atoms with Crippen LogP contribution in [0.4, 0.5) is 5.69 Å². The highest BCUT2D eigenvalue weighted by atomic mass is 15.1. The van der Waals surface area contributed by atoms with Crippen LogP contribution in [-0.2, 0) is 0 Å². The first kappa shape index (κ1) is 12.0. The Labute approximate surface area is 103 Å². The van der Waals surface area contributed by atoms with Gasteiger partial charge < -0.3 is 15.6 Å². The second-order valence-corrected chi connectivity index (χ2v) is 5.38. The van der Waals surface area contributed by atoms with Crippen molar-refractivity contribution in [3.63, 3.8) is 0 Å². The fourth-order valence-corrected chi connectivity index (χ4v) is 1.95. The van der Waals surface area contributed by atoms with Gasteiger partial charge in [0.2, 0.25) is 0 Å². The molecule has 1 heterocycles. The van der Waals surface area contributed by atoms with E-state index in [0.717, 1.165) is 13.0 Å². The van der Waals surface area contributed by atoms with Crippen LogP contribution in [0.15, 0.2) is 30.5 Å². The summed E-state index contributed by atoms with van der Waals surface area (Å²) in [4.78, 5) is 5.55. The van der Waals surface area contributed by atoms with Crippen molar-refractivity contribution in [3.8, 4) is 0 Å². The molecule has 0 saturated heterocycles. The first-order valence-electron chi connectivity index (χ1n) is 6.03. The smallest absolute Gasteiger partial charge is 0.0621 e. The molecule has 3 nitrogen and oxygen atoms in total. The van der Waals surface area contributed by atoms with Crippen molar-refractivity contribution < 1.29 is 0 Å². The molecule has 2 aromatic rings. The van der Waals surface area contributed by atoms with Gasteiger partial charge in [-0.3, -0.25) is 0 Å². The minimum atomic E-state index is -0.111. The van der Waals surface area contributed by atoms with E-state index in [1.807, 2.05) is 6.07 Å². The molecule has 0 aliphatic carbocycles. The lowest BCUT2D eigenvalue weighted by molar-refractivity contribution is 0.479. The average molecular weight is 231 g/mol. The number of aromatic amines is 1. The molecule has 0 radical (unpaired) electrons. The van der Waals surface area contributed by atoms with Gasteiger partial charge in [-0.2, -0.15) is 0 Å². The van der Waals surface area contributed by atoms with Crippen molar-refractivity contribution >= 4 is 16.6 Å². The Hall–Kier alpha value is -1.48. The lowest BCUT2D eigenvalue weighted by Gasteiger charge is -2.24. The van der Waals surface area contributed by atoms with E-state index in [1.54, 1.807) is 0 Å². The molecule has 2 rings (SSSR count). The van der Waals surface area contributed by atoms with Crippen LogP contribution in [0.1, 0.15) is 20.3 Å². The number of rotatable bonds is 4. The molecule has 0 spiro atoms. The largest absolute Gasteiger partial charge is 0.373 e. The molecule has 17 heavy (non-hydrogen) atoms. The van der Waals surface area contributed by atoms with E-state index in [2.05, 4.69) is 55.2 Å². The summed E-state index contributed by atoms with van der Waals surface area (Å²) in [5.74, 6) is 0. The Morgan fingerprint density at radius 3 is 2.71 bits per heavy atom. The van der Waals surface area contributed by atoms with Crippen molar-refractivity contribution in [2.24, 2.45) is 5.73 Å². The predicted molar refractivity (Wildman–Crippen MR) is 74.5 cm³/mol. The van der Waals surface area contributed by atoms with Crippen LogP contribution >= 0.6 is 0 Å². The number of hydrogen-bond donors (Lipinski definition) is 2. The molecule has 0 unspecified atom stereocenters. The number of hydrogen-bond acceptors (Lipinski definition) is 2. The summed E-state index contributed by atoms with van der Waals surface area (Å²) in [5, 5.41) is 1.27. The van der Waals surface area contributed by atoms with Crippen molar-refractivity contribution in [1.82, 2.24) is 4.98 Å². The highest BCUT2D eigenvalue weighted by Gasteiger charge is 2.13. The summed E-state index contributed by atoms with van der Waals surface area (Å²) in [6, 6.07) is 8.36.